The number of aryl methyl sites for hydroxylation is 1. The van der Waals surface area contributed by atoms with Crippen LogP contribution < -0.4 is 15.5 Å². The van der Waals surface area contributed by atoms with E-state index in [1.54, 1.807) is 31.5 Å². The molecule has 0 spiro atoms. The lowest BCUT2D eigenvalue weighted by atomic mass is 10.1. The third-order valence-electron chi connectivity index (χ3n) is 3.53. The van der Waals surface area contributed by atoms with Crippen LogP contribution in [0.2, 0.25) is 0 Å². The van der Waals surface area contributed by atoms with Crippen LogP contribution in [0.5, 0.6) is 0 Å². The van der Waals surface area contributed by atoms with Gasteiger partial charge in [-0.25, -0.2) is 14.8 Å². The summed E-state index contributed by atoms with van der Waals surface area (Å²) in [5.41, 5.74) is 0. The molecule has 0 unspecified atom stereocenters. The molecule has 2 amide bonds. The topological polar surface area (TPSA) is 96.2 Å². The molecule has 22 heavy (non-hydrogen) atoms. The molecule has 0 aromatic carbocycles. The Hall–Kier alpha value is -2.64. The van der Waals surface area contributed by atoms with Gasteiger partial charge in [-0.2, -0.15) is 0 Å². The lowest BCUT2D eigenvalue weighted by Crippen LogP contribution is -2.46. The van der Waals surface area contributed by atoms with Gasteiger partial charge < -0.3 is 14.7 Å². The lowest BCUT2D eigenvalue weighted by Gasteiger charge is -2.32. The zero-order valence-electron chi connectivity index (χ0n) is 12.3. The van der Waals surface area contributed by atoms with Gasteiger partial charge in [-0.3, -0.25) is 5.32 Å². The van der Waals surface area contributed by atoms with E-state index in [2.05, 4.69) is 30.7 Å². The first-order valence-electron chi connectivity index (χ1n) is 7.23. The molecule has 3 rings (SSSR count). The van der Waals surface area contributed by atoms with Crippen LogP contribution in [0, 0.1) is 6.92 Å². The normalized spacial score (nSPS) is 15.6. The molecule has 2 aromatic rings. The van der Waals surface area contributed by atoms with Crippen molar-refractivity contribution in [2.75, 3.05) is 23.3 Å². The Balaban J connectivity index is 1.46. The van der Waals surface area contributed by atoms with Crippen molar-refractivity contribution in [3.8, 4) is 0 Å². The second-order valence-electron chi connectivity index (χ2n) is 5.23. The monoisotopic (exact) mass is 302 g/mol. The molecular weight excluding hydrogens is 284 g/mol. The van der Waals surface area contributed by atoms with Crippen molar-refractivity contribution in [3.63, 3.8) is 0 Å². The number of nitrogens with one attached hydrogen (secondary N) is 2. The first-order valence-corrected chi connectivity index (χ1v) is 7.23. The quantitative estimate of drug-likeness (QED) is 0.893. The van der Waals surface area contributed by atoms with Crippen LogP contribution >= 0.6 is 0 Å². The molecule has 1 saturated heterocycles. The fraction of sp³-hybridized carbons (Fsp3) is 0.429. The van der Waals surface area contributed by atoms with Gasteiger partial charge in [0.15, 0.2) is 5.82 Å². The number of carbonyl (C=O) groups excluding carboxylic acids is 1. The standard InChI is InChI=1S/C14H18N6O2/c1-10-9-12(19-22-10)18-14(21)17-11-3-7-20(8-4-11)13-15-5-2-6-16-13/h2,5-6,9,11H,3-4,7-8H2,1H3,(H2,17,18,19,21). The maximum Gasteiger partial charge on any atom is 0.320 e. The van der Waals surface area contributed by atoms with Crippen molar-refractivity contribution in [1.29, 1.82) is 0 Å². The van der Waals surface area contributed by atoms with Crippen LogP contribution in [-0.2, 0) is 0 Å². The molecule has 0 atom stereocenters. The second-order valence-corrected chi connectivity index (χ2v) is 5.23. The predicted molar refractivity (Wildman–Crippen MR) is 80.7 cm³/mol. The summed E-state index contributed by atoms with van der Waals surface area (Å²) in [6, 6.07) is 3.35. The fourth-order valence-electron chi connectivity index (χ4n) is 2.44. The van der Waals surface area contributed by atoms with E-state index in [1.165, 1.54) is 0 Å². The summed E-state index contributed by atoms with van der Waals surface area (Å²) >= 11 is 0. The van der Waals surface area contributed by atoms with Gasteiger partial charge in [-0.05, 0) is 25.8 Å². The summed E-state index contributed by atoms with van der Waals surface area (Å²) < 4.78 is 4.91. The van der Waals surface area contributed by atoms with Gasteiger partial charge in [0.1, 0.15) is 5.76 Å². The van der Waals surface area contributed by atoms with E-state index in [1.807, 2.05) is 0 Å². The number of hydrogen-bond acceptors (Lipinski definition) is 6. The minimum atomic E-state index is -0.261. The minimum absolute atomic E-state index is 0.132. The molecule has 0 bridgehead atoms. The van der Waals surface area contributed by atoms with Crippen molar-refractivity contribution in [1.82, 2.24) is 20.4 Å². The number of rotatable bonds is 3. The molecule has 8 heteroatoms. The van der Waals surface area contributed by atoms with Crippen molar-refractivity contribution >= 4 is 17.8 Å². The second kappa shape index (κ2) is 6.42. The summed E-state index contributed by atoms with van der Waals surface area (Å²) in [5, 5.41) is 9.34. The maximum absolute atomic E-state index is 11.9. The first kappa shape index (κ1) is 14.3. The molecule has 0 radical (unpaired) electrons. The Morgan fingerprint density at radius 3 is 2.68 bits per heavy atom. The molecular formula is C14H18N6O2. The molecule has 3 heterocycles. The van der Waals surface area contributed by atoms with E-state index in [-0.39, 0.29) is 12.1 Å². The van der Waals surface area contributed by atoms with Crippen LogP contribution in [0.3, 0.4) is 0 Å². The van der Waals surface area contributed by atoms with Crippen LogP contribution in [-0.4, -0.2) is 40.3 Å². The highest BCUT2D eigenvalue weighted by molar-refractivity contribution is 5.88. The third kappa shape index (κ3) is 3.51. The Bertz CT molecular complexity index is 621. The van der Waals surface area contributed by atoms with Crippen LogP contribution in [0.25, 0.3) is 0 Å². The Morgan fingerprint density at radius 2 is 2.05 bits per heavy atom. The molecule has 2 aromatic heterocycles. The van der Waals surface area contributed by atoms with Crippen LogP contribution in [0.15, 0.2) is 29.0 Å². The number of anilines is 2. The van der Waals surface area contributed by atoms with Crippen molar-refractivity contribution in [2.24, 2.45) is 0 Å². The number of amides is 2. The number of hydrogen-bond donors (Lipinski definition) is 2. The zero-order chi connectivity index (χ0) is 15.4. The molecule has 8 nitrogen and oxygen atoms in total. The summed E-state index contributed by atoms with van der Waals surface area (Å²) in [6.45, 7) is 3.41. The van der Waals surface area contributed by atoms with Gasteiger partial charge in [0.2, 0.25) is 5.95 Å². The van der Waals surface area contributed by atoms with Gasteiger partial charge in [-0.1, -0.05) is 5.16 Å². The van der Waals surface area contributed by atoms with E-state index in [4.69, 9.17) is 4.52 Å². The highest BCUT2D eigenvalue weighted by Gasteiger charge is 2.22. The molecule has 1 aliphatic rings. The smallest absolute Gasteiger partial charge is 0.320 e. The molecule has 0 saturated carbocycles. The number of piperidine rings is 1. The molecule has 2 N–H and O–H groups in total. The number of aromatic nitrogens is 3. The average Bonchev–Trinajstić information content (AvgIpc) is 2.94. The average molecular weight is 302 g/mol. The molecule has 1 fully saturated rings. The lowest BCUT2D eigenvalue weighted by molar-refractivity contribution is 0.245. The van der Waals surface area contributed by atoms with Crippen LogP contribution in [0.4, 0.5) is 16.6 Å². The van der Waals surface area contributed by atoms with Gasteiger partial charge in [0.25, 0.3) is 0 Å². The third-order valence-corrected chi connectivity index (χ3v) is 3.53. The minimum Gasteiger partial charge on any atom is -0.360 e. The van der Waals surface area contributed by atoms with Crippen molar-refractivity contribution in [3.05, 3.63) is 30.3 Å². The Labute approximate surface area is 127 Å². The van der Waals surface area contributed by atoms with E-state index in [0.29, 0.717) is 11.6 Å². The highest BCUT2D eigenvalue weighted by atomic mass is 16.5. The van der Waals surface area contributed by atoms with Gasteiger partial charge in [0.05, 0.1) is 0 Å². The van der Waals surface area contributed by atoms with Gasteiger partial charge >= 0.3 is 6.03 Å². The first-order chi connectivity index (χ1) is 10.7. The van der Waals surface area contributed by atoms with Gasteiger partial charge in [-0.15, -0.1) is 0 Å². The van der Waals surface area contributed by atoms with E-state index in [0.717, 1.165) is 31.9 Å². The van der Waals surface area contributed by atoms with E-state index >= 15 is 0 Å². The summed E-state index contributed by atoms with van der Waals surface area (Å²) in [6.07, 6.45) is 5.17. The largest absolute Gasteiger partial charge is 0.360 e. The molecule has 1 aliphatic heterocycles. The Kier molecular flexibility index (Phi) is 4.17. The Morgan fingerprint density at radius 1 is 1.32 bits per heavy atom. The van der Waals surface area contributed by atoms with Gasteiger partial charge in [0, 0.05) is 37.6 Å². The van der Waals surface area contributed by atoms with Crippen molar-refractivity contribution < 1.29 is 9.32 Å². The van der Waals surface area contributed by atoms with Crippen LogP contribution in [0.1, 0.15) is 18.6 Å². The molecule has 116 valence electrons. The molecule has 0 aliphatic carbocycles. The zero-order valence-corrected chi connectivity index (χ0v) is 12.3. The number of carbonyl (C=O) groups is 1. The van der Waals surface area contributed by atoms with E-state index in [9.17, 15) is 4.79 Å². The fourth-order valence-corrected chi connectivity index (χ4v) is 2.44. The van der Waals surface area contributed by atoms with Crippen molar-refractivity contribution in [2.45, 2.75) is 25.8 Å². The summed E-state index contributed by atoms with van der Waals surface area (Å²) in [4.78, 5) is 22.5. The SMILES string of the molecule is Cc1cc(NC(=O)NC2CCN(c3ncccn3)CC2)no1. The summed E-state index contributed by atoms with van der Waals surface area (Å²) in [5.74, 6) is 1.82. The highest BCUT2D eigenvalue weighted by Crippen LogP contribution is 2.15. The summed E-state index contributed by atoms with van der Waals surface area (Å²) in [7, 11) is 0. The predicted octanol–water partition coefficient (Wildman–Crippen LogP) is 1.56. The van der Waals surface area contributed by atoms with E-state index < -0.39 is 0 Å². The number of urea groups is 1. The number of nitrogens with zero attached hydrogens (tertiary/aromatic N) is 4. The maximum atomic E-state index is 11.9.